The summed E-state index contributed by atoms with van der Waals surface area (Å²) in [5.41, 5.74) is 0.00620. The second-order valence-corrected chi connectivity index (χ2v) is 4.13. The van der Waals surface area contributed by atoms with E-state index in [9.17, 15) is 8.78 Å². The van der Waals surface area contributed by atoms with E-state index in [1.807, 2.05) is 0 Å². The smallest absolute Gasteiger partial charge is 0.492 e. The maximum atomic E-state index is 13.4. The van der Waals surface area contributed by atoms with Gasteiger partial charge in [0, 0.05) is 10.2 Å². The molecule has 0 bridgehead atoms. The zero-order chi connectivity index (χ0) is 11.9. The fourth-order valence-electron chi connectivity index (χ4n) is 1.54. The normalized spacial score (nSPS) is 10.8. The topological polar surface area (TPSA) is 49.7 Å². The third-order valence-corrected chi connectivity index (χ3v) is 3.14. The molecule has 0 fully saturated rings. The number of halogens is 2. The Bertz CT molecular complexity index is 541. The fourth-order valence-corrected chi connectivity index (χ4v) is 2.34. The SMILES string of the molecule is COc1c(B(O)O)ccc2sc(F)c(F)c12. The first-order valence-electron chi connectivity index (χ1n) is 4.36. The highest BCUT2D eigenvalue weighted by Crippen LogP contribution is 2.34. The van der Waals surface area contributed by atoms with E-state index in [0.717, 1.165) is 0 Å². The quantitative estimate of drug-likeness (QED) is 0.770. The summed E-state index contributed by atoms with van der Waals surface area (Å²) in [5, 5.41) is 17.1. The number of rotatable bonds is 2. The van der Waals surface area contributed by atoms with Crippen molar-refractivity contribution in [1.82, 2.24) is 0 Å². The van der Waals surface area contributed by atoms with Crippen LogP contribution < -0.4 is 10.2 Å². The minimum absolute atomic E-state index is 0.00620. The first kappa shape index (κ1) is 11.3. The van der Waals surface area contributed by atoms with Crippen LogP contribution in [0, 0.1) is 10.9 Å². The van der Waals surface area contributed by atoms with Gasteiger partial charge in [0.05, 0.1) is 12.5 Å². The molecule has 0 aliphatic carbocycles. The summed E-state index contributed by atoms with van der Waals surface area (Å²) in [5.74, 6) is -1.08. The summed E-state index contributed by atoms with van der Waals surface area (Å²) in [6.45, 7) is 0. The number of fused-ring (bicyclic) bond motifs is 1. The number of methoxy groups -OCH3 is 1. The van der Waals surface area contributed by atoms with Gasteiger partial charge in [0.2, 0.25) is 5.13 Å². The van der Waals surface area contributed by atoms with Gasteiger partial charge in [-0.15, -0.1) is 11.3 Å². The van der Waals surface area contributed by atoms with Gasteiger partial charge in [-0.1, -0.05) is 6.07 Å². The molecule has 1 aromatic carbocycles. The predicted octanol–water partition coefficient (Wildman–Crippen LogP) is 0.868. The van der Waals surface area contributed by atoms with Crippen LogP contribution in [0.1, 0.15) is 0 Å². The summed E-state index contributed by atoms with van der Waals surface area (Å²) < 4.78 is 31.7. The van der Waals surface area contributed by atoms with Gasteiger partial charge in [-0.05, 0) is 6.07 Å². The molecule has 7 heteroatoms. The van der Waals surface area contributed by atoms with Crippen LogP contribution in [0.2, 0.25) is 0 Å². The lowest BCUT2D eigenvalue weighted by atomic mass is 9.79. The van der Waals surface area contributed by atoms with Crippen LogP contribution >= 0.6 is 11.3 Å². The summed E-state index contributed by atoms with van der Waals surface area (Å²) >= 11 is 0.644. The van der Waals surface area contributed by atoms with Gasteiger partial charge in [0.1, 0.15) is 5.75 Å². The third kappa shape index (κ3) is 1.57. The molecule has 0 spiro atoms. The van der Waals surface area contributed by atoms with Crippen molar-refractivity contribution in [3.05, 3.63) is 23.1 Å². The molecule has 0 amide bonds. The van der Waals surface area contributed by atoms with Crippen LogP contribution in [0.15, 0.2) is 12.1 Å². The molecule has 3 nitrogen and oxygen atoms in total. The van der Waals surface area contributed by atoms with Crippen molar-refractivity contribution in [3.8, 4) is 5.75 Å². The highest BCUT2D eigenvalue weighted by atomic mass is 32.1. The van der Waals surface area contributed by atoms with Crippen molar-refractivity contribution in [2.24, 2.45) is 0 Å². The largest absolute Gasteiger partial charge is 0.496 e. The second kappa shape index (κ2) is 4.01. The second-order valence-electron chi connectivity index (χ2n) is 3.12. The molecule has 1 heterocycles. The van der Waals surface area contributed by atoms with Crippen molar-refractivity contribution in [3.63, 3.8) is 0 Å². The summed E-state index contributed by atoms with van der Waals surface area (Å²) in [6.07, 6.45) is 0. The van der Waals surface area contributed by atoms with E-state index in [0.29, 0.717) is 16.0 Å². The van der Waals surface area contributed by atoms with Crippen LogP contribution in [-0.4, -0.2) is 24.3 Å². The highest BCUT2D eigenvalue weighted by molar-refractivity contribution is 7.17. The van der Waals surface area contributed by atoms with Gasteiger partial charge in [0.15, 0.2) is 5.82 Å². The van der Waals surface area contributed by atoms with E-state index in [-0.39, 0.29) is 16.6 Å². The average Bonchev–Trinajstić information content (AvgIpc) is 2.53. The van der Waals surface area contributed by atoms with E-state index < -0.39 is 18.1 Å². The van der Waals surface area contributed by atoms with Gasteiger partial charge in [0.25, 0.3) is 0 Å². The van der Waals surface area contributed by atoms with Gasteiger partial charge >= 0.3 is 7.12 Å². The van der Waals surface area contributed by atoms with Crippen LogP contribution in [-0.2, 0) is 0 Å². The molecule has 2 N–H and O–H groups in total. The number of hydrogen-bond acceptors (Lipinski definition) is 4. The Hall–Kier alpha value is -1.18. The molecule has 2 aromatic rings. The lowest BCUT2D eigenvalue weighted by Gasteiger charge is -2.08. The van der Waals surface area contributed by atoms with E-state index in [1.165, 1.54) is 19.2 Å². The van der Waals surface area contributed by atoms with Crippen LogP contribution in [0.5, 0.6) is 5.75 Å². The first-order chi connectivity index (χ1) is 7.56. The summed E-state index contributed by atoms with van der Waals surface area (Å²) in [7, 11) is -0.530. The molecular weight excluding hydrogens is 237 g/mol. The minimum Gasteiger partial charge on any atom is -0.496 e. The molecule has 0 saturated carbocycles. The number of ether oxygens (including phenoxy) is 1. The summed E-state index contributed by atoms with van der Waals surface area (Å²) in [4.78, 5) is 0. The van der Waals surface area contributed by atoms with E-state index in [4.69, 9.17) is 14.8 Å². The number of benzene rings is 1. The zero-order valence-electron chi connectivity index (χ0n) is 8.20. The van der Waals surface area contributed by atoms with Crippen molar-refractivity contribution in [2.75, 3.05) is 7.11 Å². The van der Waals surface area contributed by atoms with Crippen LogP contribution in [0.4, 0.5) is 8.78 Å². The predicted molar refractivity (Wildman–Crippen MR) is 58.1 cm³/mol. The molecule has 0 atom stereocenters. The summed E-state index contributed by atoms with van der Waals surface area (Å²) in [6, 6.07) is 2.78. The van der Waals surface area contributed by atoms with Crippen LogP contribution in [0.25, 0.3) is 10.1 Å². The molecule has 1 aromatic heterocycles. The first-order valence-corrected chi connectivity index (χ1v) is 5.18. The van der Waals surface area contributed by atoms with Crippen molar-refractivity contribution in [2.45, 2.75) is 0 Å². The van der Waals surface area contributed by atoms with E-state index >= 15 is 0 Å². The number of hydrogen-bond donors (Lipinski definition) is 2. The monoisotopic (exact) mass is 244 g/mol. The molecule has 0 saturated heterocycles. The maximum Gasteiger partial charge on any atom is 0.492 e. The molecule has 84 valence electrons. The molecular formula is C9H7BF2O3S. The molecule has 0 radical (unpaired) electrons. The Morgan fingerprint density at radius 2 is 2.00 bits per heavy atom. The van der Waals surface area contributed by atoms with Gasteiger partial charge in [-0.25, -0.2) is 4.39 Å². The molecule has 0 unspecified atom stereocenters. The number of thiophene rings is 1. The molecule has 0 aliphatic heterocycles. The van der Waals surface area contributed by atoms with E-state index in [1.54, 1.807) is 0 Å². The van der Waals surface area contributed by atoms with Crippen molar-refractivity contribution < 1.29 is 23.6 Å². The standard InChI is InChI=1S/C9H7BF2O3S/c1-15-8-4(10(13)14)2-3-5-6(8)7(11)9(12)16-5/h2-3,13-14H,1H3. The zero-order valence-corrected chi connectivity index (χ0v) is 9.02. The lowest BCUT2D eigenvalue weighted by Crippen LogP contribution is -2.31. The Balaban J connectivity index is 2.83. The van der Waals surface area contributed by atoms with Gasteiger partial charge < -0.3 is 14.8 Å². The van der Waals surface area contributed by atoms with Crippen molar-refractivity contribution in [1.29, 1.82) is 0 Å². The Kier molecular flexibility index (Phi) is 2.83. The molecule has 0 aliphatic rings. The lowest BCUT2D eigenvalue weighted by molar-refractivity contribution is 0.405. The van der Waals surface area contributed by atoms with Gasteiger partial charge in [-0.2, -0.15) is 4.39 Å². The molecule has 2 rings (SSSR count). The van der Waals surface area contributed by atoms with Crippen molar-refractivity contribution >= 4 is 34.0 Å². The molecule has 16 heavy (non-hydrogen) atoms. The van der Waals surface area contributed by atoms with E-state index in [2.05, 4.69) is 0 Å². The highest BCUT2D eigenvalue weighted by Gasteiger charge is 2.23. The Morgan fingerprint density at radius 1 is 1.31 bits per heavy atom. The average molecular weight is 244 g/mol. The van der Waals surface area contributed by atoms with Gasteiger partial charge in [-0.3, -0.25) is 0 Å². The Morgan fingerprint density at radius 3 is 2.56 bits per heavy atom. The fraction of sp³-hybridized carbons (Fsp3) is 0.111. The minimum atomic E-state index is -1.79. The Labute approximate surface area is 94.0 Å². The maximum absolute atomic E-state index is 13.4. The van der Waals surface area contributed by atoms with Crippen LogP contribution in [0.3, 0.4) is 0 Å². The third-order valence-electron chi connectivity index (χ3n) is 2.22.